The van der Waals surface area contributed by atoms with E-state index in [2.05, 4.69) is 85.1 Å². The maximum Gasteiger partial charge on any atom is 0.249 e. The van der Waals surface area contributed by atoms with Crippen LogP contribution >= 0.6 is 0 Å². The standard InChI is InChI=1S/C27H24N2O/c1-17(2)20-12-13-22-25(15-20)29(24-9-5-8-23(26(22)24)27(28)30)16-18-10-11-19-6-3-4-7-21(19)14-18/h3-15,17H,16H2,1-2H3,(H2,28,30). The molecule has 0 saturated heterocycles. The molecule has 0 aliphatic rings. The number of rotatable bonds is 4. The third kappa shape index (κ3) is 2.94. The van der Waals surface area contributed by atoms with Crippen molar-refractivity contribution < 1.29 is 4.79 Å². The number of primary amides is 1. The van der Waals surface area contributed by atoms with Gasteiger partial charge in [-0.15, -0.1) is 0 Å². The van der Waals surface area contributed by atoms with Crippen molar-refractivity contribution in [2.24, 2.45) is 5.73 Å². The molecule has 30 heavy (non-hydrogen) atoms. The Morgan fingerprint density at radius 2 is 1.67 bits per heavy atom. The Bertz CT molecular complexity index is 1430. The number of carbonyl (C=O) groups excluding carboxylic acids is 1. The summed E-state index contributed by atoms with van der Waals surface area (Å²) < 4.78 is 2.31. The van der Waals surface area contributed by atoms with Gasteiger partial charge >= 0.3 is 0 Å². The lowest BCUT2D eigenvalue weighted by Gasteiger charge is -2.11. The van der Waals surface area contributed by atoms with Crippen LogP contribution in [0.1, 0.15) is 41.3 Å². The van der Waals surface area contributed by atoms with Crippen molar-refractivity contribution in [2.45, 2.75) is 26.3 Å². The number of benzene rings is 4. The second-order valence-corrected chi connectivity index (χ2v) is 8.26. The number of nitrogens with two attached hydrogens (primary N) is 1. The fourth-order valence-corrected chi connectivity index (χ4v) is 4.42. The molecule has 0 aliphatic carbocycles. The van der Waals surface area contributed by atoms with Gasteiger partial charge in [0, 0.05) is 28.4 Å². The first-order chi connectivity index (χ1) is 14.5. The van der Waals surface area contributed by atoms with Gasteiger partial charge in [0.1, 0.15) is 0 Å². The third-order valence-corrected chi connectivity index (χ3v) is 6.00. The van der Waals surface area contributed by atoms with E-state index in [9.17, 15) is 4.79 Å². The minimum absolute atomic E-state index is 0.390. The smallest absolute Gasteiger partial charge is 0.249 e. The van der Waals surface area contributed by atoms with Crippen molar-refractivity contribution in [2.75, 3.05) is 0 Å². The van der Waals surface area contributed by atoms with Crippen LogP contribution < -0.4 is 5.73 Å². The maximum absolute atomic E-state index is 12.2. The monoisotopic (exact) mass is 392 g/mol. The number of amides is 1. The first-order valence-electron chi connectivity index (χ1n) is 10.4. The highest BCUT2D eigenvalue weighted by Crippen LogP contribution is 2.34. The van der Waals surface area contributed by atoms with Crippen molar-refractivity contribution in [1.82, 2.24) is 4.57 Å². The molecule has 148 valence electrons. The first kappa shape index (κ1) is 18.4. The van der Waals surface area contributed by atoms with E-state index in [0.717, 1.165) is 28.4 Å². The molecule has 5 rings (SSSR count). The van der Waals surface area contributed by atoms with E-state index in [1.807, 2.05) is 12.1 Å². The average molecular weight is 393 g/mol. The summed E-state index contributed by atoms with van der Waals surface area (Å²) in [6.45, 7) is 5.13. The SMILES string of the molecule is CC(C)c1ccc2c3c(C(N)=O)cccc3n(Cc3ccc4ccccc4c3)c2c1. The Morgan fingerprint density at radius 1 is 0.867 bits per heavy atom. The molecular weight excluding hydrogens is 368 g/mol. The summed E-state index contributed by atoms with van der Waals surface area (Å²) in [7, 11) is 0. The van der Waals surface area contributed by atoms with Crippen LogP contribution in [-0.2, 0) is 6.54 Å². The number of aromatic nitrogens is 1. The molecule has 0 atom stereocenters. The number of fused-ring (bicyclic) bond motifs is 4. The molecule has 0 bridgehead atoms. The van der Waals surface area contributed by atoms with Crippen molar-refractivity contribution >= 4 is 38.5 Å². The normalized spacial score (nSPS) is 11.7. The van der Waals surface area contributed by atoms with Gasteiger partial charge in [-0.25, -0.2) is 0 Å². The molecule has 5 aromatic rings. The molecule has 1 heterocycles. The lowest BCUT2D eigenvalue weighted by Crippen LogP contribution is -2.11. The van der Waals surface area contributed by atoms with Crippen LogP contribution in [0, 0.1) is 0 Å². The van der Waals surface area contributed by atoms with Crippen molar-refractivity contribution in [3.05, 3.63) is 95.6 Å². The Kier molecular flexibility index (Phi) is 4.32. The molecule has 1 aromatic heterocycles. The molecule has 3 nitrogen and oxygen atoms in total. The minimum Gasteiger partial charge on any atom is -0.366 e. The lowest BCUT2D eigenvalue weighted by molar-refractivity contribution is 0.100. The van der Waals surface area contributed by atoms with Gasteiger partial charge in [-0.3, -0.25) is 4.79 Å². The zero-order chi connectivity index (χ0) is 20.8. The zero-order valence-electron chi connectivity index (χ0n) is 17.2. The Balaban J connectivity index is 1.78. The van der Waals surface area contributed by atoms with Gasteiger partial charge in [-0.2, -0.15) is 0 Å². The molecule has 4 aromatic carbocycles. The average Bonchev–Trinajstić information content (AvgIpc) is 3.06. The molecule has 0 saturated carbocycles. The van der Waals surface area contributed by atoms with Gasteiger partial charge < -0.3 is 10.3 Å². The van der Waals surface area contributed by atoms with Crippen molar-refractivity contribution in [1.29, 1.82) is 0 Å². The van der Waals surface area contributed by atoms with Gasteiger partial charge in [0.15, 0.2) is 0 Å². The van der Waals surface area contributed by atoms with Gasteiger partial charge in [0.2, 0.25) is 5.91 Å². The summed E-state index contributed by atoms with van der Waals surface area (Å²) in [5.74, 6) is 0.0374. The molecule has 2 N–H and O–H groups in total. The van der Waals surface area contributed by atoms with E-state index in [0.29, 0.717) is 11.5 Å². The second kappa shape index (κ2) is 7.03. The predicted molar refractivity (Wildman–Crippen MR) is 125 cm³/mol. The summed E-state index contributed by atoms with van der Waals surface area (Å²) in [4.78, 5) is 12.2. The Hall–Kier alpha value is -3.59. The van der Waals surface area contributed by atoms with Crippen LogP contribution in [-0.4, -0.2) is 10.5 Å². The molecule has 3 heteroatoms. The number of carbonyl (C=O) groups is 1. The van der Waals surface area contributed by atoms with Crippen LogP contribution in [0.3, 0.4) is 0 Å². The molecule has 0 spiro atoms. The Morgan fingerprint density at radius 3 is 2.43 bits per heavy atom. The quantitative estimate of drug-likeness (QED) is 0.388. The van der Waals surface area contributed by atoms with E-state index in [1.54, 1.807) is 0 Å². The van der Waals surface area contributed by atoms with Gasteiger partial charge in [0.25, 0.3) is 0 Å². The van der Waals surface area contributed by atoms with Crippen LogP contribution in [0.15, 0.2) is 78.9 Å². The minimum atomic E-state index is -0.390. The van der Waals surface area contributed by atoms with Crippen molar-refractivity contribution in [3.63, 3.8) is 0 Å². The maximum atomic E-state index is 12.2. The summed E-state index contributed by atoms with van der Waals surface area (Å²) in [5.41, 5.74) is 11.0. The summed E-state index contributed by atoms with van der Waals surface area (Å²) in [5, 5.41) is 4.48. The van der Waals surface area contributed by atoms with E-state index in [4.69, 9.17) is 5.73 Å². The number of nitrogens with zero attached hydrogens (tertiary/aromatic N) is 1. The third-order valence-electron chi connectivity index (χ3n) is 6.00. The molecule has 1 amide bonds. The van der Waals surface area contributed by atoms with Crippen LogP contribution in [0.4, 0.5) is 0 Å². The van der Waals surface area contributed by atoms with E-state index >= 15 is 0 Å². The molecule has 0 aliphatic heterocycles. The van der Waals surface area contributed by atoms with E-state index < -0.39 is 5.91 Å². The number of hydrogen-bond donors (Lipinski definition) is 1. The highest BCUT2D eigenvalue weighted by atomic mass is 16.1. The zero-order valence-corrected chi connectivity index (χ0v) is 17.2. The van der Waals surface area contributed by atoms with Gasteiger partial charge in [0.05, 0.1) is 5.52 Å². The largest absolute Gasteiger partial charge is 0.366 e. The molecular formula is C27H24N2O. The van der Waals surface area contributed by atoms with Gasteiger partial charge in [-0.05, 0) is 52.1 Å². The van der Waals surface area contributed by atoms with Gasteiger partial charge in [-0.1, -0.05) is 68.4 Å². The highest BCUT2D eigenvalue weighted by molar-refractivity contribution is 6.18. The first-order valence-corrected chi connectivity index (χ1v) is 10.4. The summed E-state index contributed by atoms with van der Waals surface area (Å²) >= 11 is 0. The lowest BCUT2D eigenvalue weighted by atomic mass is 10.00. The fraction of sp³-hybridized carbons (Fsp3) is 0.148. The predicted octanol–water partition coefficient (Wildman–Crippen LogP) is 6.22. The van der Waals surface area contributed by atoms with Crippen LogP contribution in [0.5, 0.6) is 0 Å². The molecule has 0 fully saturated rings. The highest BCUT2D eigenvalue weighted by Gasteiger charge is 2.17. The molecule has 0 unspecified atom stereocenters. The van der Waals surface area contributed by atoms with E-state index in [1.165, 1.54) is 21.9 Å². The Labute approximate surface area is 175 Å². The molecule has 0 radical (unpaired) electrons. The topological polar surface area (TPSA) is 48.0 Å². The van der Waals surface area contributed by atoms with Crippen LogP contribution in [0.25, 0.3) is 32.6 Å². The number of hydrogen-bond acceptors (Lipinski definition) is 1. The van der Waals surface area contributed by atoms with Crippen molar-refractivity contribution in [3.8, 4) is 0 Å². The fourth-order valence-electron chi connectivity index (χ4n) is 4.42. The van der Waals surface area contributed by atoms with Crippen LogP contribution in [0.2, 0.25) is 0 Å². The summed E-state index contributed by atoms with van der Waals surface area (Å²) in [6, 6.07) is 27.4. The van der Waals surface area contributed by atoms with E-state index in [-0.39, 0.29) is 0 Å². The summed E-state index contributed by atoms with van der Waals surface area (Å²) in [6.07, 6.45) is 0. The second-order valence-electron chi connectivity index (χ2n) is 8.26.